The smallest absolute Gasteiger partial charge is 0.348 e. The van der Waals surface area contributed by atoms with Crippen molar-refractivity contribution < 1.29 is 22.6 Å². The van der Waals surface area contributed by atoms with Crippen molar-refractivity contribution in [3.63, 3.8) is 0 Å². The Morgan fingerprint density at radius 1 is 1.29 bits per heavy atom. The van der Waals surface area contributed by atoms with Crippen LogP contribution in [0.4, 0.5) is 10.2 Å². The maximum absolute atomic E-state index is 14.0. The van der Waals surface area contributed by atoms with Crippen LogP contribution in [-0.2, 0) is 13.6 Å². The van der Waals surface area contributed by atoms with Gasteiger partial charge >= 0.3 is 7.60 Å². The minimum absolute atomic E-state index is 0.131. The normalized spacial score (nSPS) is 13.1. The molecule has 2 rings (SSSR count). The molecule has 2 aromatic rings. The van der Waals surface area contributed by atoms with E-state index in [0.717, 1.165) is 0 Å². The third-order valence-electron chi connectivity index (χ3n) is 2.95. The zero-order chi connectivity index (χ0) is 15.5. The highest BCUT2D eigenvalue weighted by Crippen LogP contribution is 2.60. The van der Waals surface area contributed by atoms with Gasteiger partial charge in [0.1, 0.15) is 11.5 Å². The lowest BCUT2D eigenvalue weighted by atomic mass is 10.2. The minimum atomic E-state index is -3.66. The molecule has 1 aromatic heterocycles. The molecule has 9 heteroatoms. The lowest BCUT2D eigenvalue weighted by molar-refractivity contribution is 0.267. The average molecular weight is 315 g/mol. The van der Waals surface area contributed by atoms with Gasteiger partial charge in [0, 0.05) is 19.8 Å². The Morgan fingerprint density at radius 2 is 1.95 bits per heavy atom. The molecule has 0 spiro atoms. The van der Waals surface area contributed by atoms with E-state index in [2.05, 4.69) is 20.3 Å². The number of hydrogen-bond donors (Lipinski definition) is 1. The highest BCUT2D eigenvalue weighted by atomic mass is 31.2. The van der Waals surface area contributed by atoms with E-state index in [1.165, 1.54) is 32.4 Å². The van der Waals surface area contributed by atoms with Crippen LogP contribution in [0.3, 0.4) is 0 Å². The summed E-state index contributed by atoms with van der Waals surface area (Å²) in [7, 11) is -1.20. The van der Waals surface area contributed by atoms with Gasteiger partial charge in [0.15, 0.2) is 11.6 Å². The zero-order valence-corrected chi connectivity index (χ0v) is 12.6. The van der Waals surface area contributed by atoms with Crippen molar-refractivity contribution in [2.75, 3.05) is 19.5 Å². The van der Waals surface area contributed by atoms with E-state index >= 15 is 0 Å². The first-order valence-corrected chi connectivity index (χ1v) is 7.64. The van der Waals surface area contributed by atoms with Gasteiger partial charge < -0.3 is 14.4 Å². The van der Waals surface area contributed by atoms with Gasteiger partial charge in [0.05, 0.1) is 0 Å². The van der Waals surface area contributed by atoms with Crippen LogP contribution in [-0.4, -0.2) is 24.5 Å². The third-order valence-corrected chi connectivity index (χ3v) is 5.01. The second-order valence-electron chi connectivity index (χ2n) is 4.17. The molecule has 1 heterocycles. The molecule has 1 aromatic carbocycles. The van der Waals surface area contributed by atoms with E-state index in [-0.39, 0.29) is 11.4 Å². The fourth-order valence-corrected chi connectivity index (χ4v) is 3.20. The predicted molar refractivity (Wildman–Crippen MR) is 73.4 cm³/mol. The number of nitrogens with zero attached hydrogens (tertiary/aromatic N) is 2. The molecule has 0 saturated carbocycles. The first kappa shape index (κ1) is 15.6. The van der Waals surface area contributed by atoms with Gasteiger partial charge in [0.25, 0.3) is 0 Å². The molecule has 0 radical (unpaired) electrons. The summed E-state index contributed by atoms with van der Waals surface area (Å²) in [6.45, 7) is 1.64. The van der Waals surface area contributed by atoms with Gasteiger partial charge in [0.2, 0.25) is 0 Å². The molecule has 0 aliphatic rings. The van der Waals surface area contributed by atoms with Gasteiger partial charge in [-0.2, -0.15) is 0 Å². The quantitative estimate of drug-likeness (QED) is 0.819. The number of nitrogens with one attached hydrogen (secondary N) is 1. The molecule has 1 atom stereocenters. The van der Waals surface area contributed by atoms with Gasteiger partial charge in [-0.05, 0) is 18.1 Å². The lowest BCUT2D eigenvalue weighted by Gasteiger charge is -2.25. The Bertz CT molecular complexity index is 655. The number of benzene rings is 1. The Morgan fingerprint density at radius 3 is 2.48 bits per heavy atom. The Labute approximate surface area is 120 Å². The van der Waals surface area contributed by atoms with E-state index in [9.17, 15) is 8.96 Å². The summed E-state index contributed by atoms with van der Waals surface area (Å²) < 4.78 is 41.2. The lowest BCUT2D eigenvalue weighted by Crippen LogP contribution is -2.15. The fraction of sp³-hybridized carbons (Fsp3) is 0.333. The molecule has 0 bridgehead atoms. The molecule has 21 heavy (non-hydrogen) atoms. The van der Waals surface area contributed by atoms with Crippen molar-refractivity contribution in [2.24, 2.45) is 0 Å². The maximum atomic E-state index is 14.0. The molecule has 0 aliphatic carbocycles. The Kier molecular flexibility index (Phi) is 4.72. The van der Waals surface area contributed by atoms with Crippen LogP contribution in [0.5, 0.6) is 0 Å². The van der Waals surface area contributed by atoms with Crippen LogP contribution in [0.15, 0.2) is 28.9 Å². The van der Waals surface area contributed by atoms with Crippen molar-refractivity contribution in [3.05, 3.63) is 41.3 Å². The Balaban J connectivity index is 2.47. The van der Waals surface area contributed by atoms with Gasteiger partial charge in [-0.3, -0.25) is 4.57 Å². The van der Waals surface area contributed by atoms with Crippen LogP contribution in [0.1, 0.15) is 17.0 Å². The summed E-state index contributed by atoms with van der Waals surface area (Å²) >= 11 is 0. The first-order valence-electron chi connectivity index (χ1n) is 6.03. The van der Waals surface area contributed by atoms with Crippen LogP contribution < -0.4 is 5.32 Å². The number of rotatable bonds is 6. The molecule has 114 valence electrons. The highest BCUT2D eigenvalue weighted by Gasteiger charge is 2.38. The molecular formula is C12H15FN3O4P. The summed E-state index contributed by atoms with van der Waals surface area (Å²) in [5.74, 6) is -1.39. The van der Waals surface area contributed by atoms with Crippen LogP contribution in [0.25, 0.3) is 0 Å². The summed E-state index contributed by atoms with van der Waals surface area (Å²) in [5.41, 5.74) is 0.571. The maximum Gasteiger partial charge on any atom is 0.356 e. The number of halogens is 1. The zero-order valence-electron chi connectivity index (χ0n) is 11.7. The van der Waals surface area contributed by atoms with Gasteiger partial charge in [-0.1, -0.05) is 23.4 Å². The highest BCUT2D eigenvalue weighted by molar-refractivity contribution is 7.54. The van der Waals surface area contributed by atoms with Gasteiger partial charge in [-0.15, -0.1) is 0 Å². The predicted octanol–water partition coefficient (Wildman–Crippen LogP) is 3.11. The molecule has 7 nitrogen and oxygen atoms in total. The molecule has 0 amide bonds. The van der Waals surface area contributed by atoms with E-state index in [4.69, 9.17) is 9.05 Å². The topological polar surface area (TPSA) is 86.5 Å². The number of aryl methyl sites for hydroxylation is 1. The van der Waals surface area contributed by atoms with Crippen LogP contribution in [0, 0.1) is 12.7 Å². The fourth-order valence-electron chi connectivity index (χ4n) is 1.80. The molecule has 0 saturated heterocycles. The van der Waals surface area contributed by atoms with Crippen molar-refractivity contribution >= 4 is 13.4 Å². The summed E-state index contributed by atoms with van der Waals surface area (Å²) in [5, 5.41) is 10.1. The molecule has 0 unspecified atom stereocenters. The van der Waals surface area contributed by atoms with Gasteiger partial charge in [-0.25, -0.2) is 9.02 Å². The SMILES string of the molecule is COP(=O)(OC)[C@H](Nc1nonc1C)c1ccccc1F. The second-order valence-corrected chi connectivity index (χ2v) is 6.50. The van der Waals surface area contributed by atoms with Crippen molar-refractivity contribution in [1.29, 1.82) is 0 Å². The molecule has 0 fully saturated rings. The van der Waals surface area contributed by atoms with Crippen molar-refractivity contribution in [2.45, 2.75) is 12.7 Å². The van der Waals surface area contributed by atoms with Crippen molar-refractivity contribution in [3.8, 4) is 0 Å². The second kappa shape index (κ2) is 6.34. The third kappa shape index (κ3) is 3.12. The molecule has 0 aliphatic heterocycles. The summed E-state index contributed by atoms with van der Waals surface area (Å²) in [4.78, 5) is 0. The largest absolute Gasteiger partial charge is 0.356 e. The summed E-state index contributed by atoms with van der Waals surface area (Å²) in [6, 6.07) is 5.90. The van der Waals surface area contributed by atoms with E-state index in [1.807, 2.05) is 0 Å². The van der Waals surface area contributed by atoms with E-state index in [1.54, 1.807) is 13.0 Å². The van der Waals surface area contributed by atoms with Crippen LogP contribution >= 0.6 is 7.60 Å². The molecule has 1 N–H and O–H groups in total. The van der Waals surface area contributed by atoms with E-state index < -0.39 is 19.2 Å². The van der Waals surface area contributed by atoms with E-state index in [0.29, 0.717) is 5.69 Å². The average Bonchev–Trinajstić information content (AvgIpc) is 2.90. The first-order chi connectivity index (χ1) is 10.0. The monoisotopic (exact) mass is 315 g/mol. The minimum Gasteiger partial charge on any atom is -0.348 e. The van der Waals surface area contributed by atoms with Crippen LogP contribution in [0.2, 0.25) is 0 Å². The molecular weight excluding hydrogens is 300 g/mol. The Hall–Kier alpha value is -1.76. The standard InChI is InChI=1S/C12H15FN3O4P/c1-8-11(16-20-15-8)14-12(21(17,18-2)19-3)9-6-4-5-7-10(9)13/h4-7,12H,1-3H3,(H,14,16)/t12-/m0/s1. The van der Waals surface area contributed by atoms with Crippen molar-refractivity contribution in [1.82, 2.24) is 10.3 Å². The summed E-state index contributed by atoms with van der Waals surface area (Å²) in [6.07, 6.45) is 0. The number of aromatic nitrogens is 2. The number of anilines is 1. The number of hydrogen-bond acceptors (Lipinski definition) is 7.